The van der Waals surface area contributed by atoms with Crippen molar-refractivity contribution in [2.45, 2.75) is 77.6 Å². The Morgan fingerprint density at radius 2 is 0.800 bits per heavy atom. The number of ether oxygens (including phenoxy) is 10. The van der Waals surface area contributed by atoms with Crippen LogP contribution in [0.25, 0.3) is 0 Å². The van der Waals surface area contributed by atoms with Crippen molar-refractivity contribution in [2.75, 3.05) is 83.2 Å². The van der Waals surface area contributed by atoms with E-state index in [0.717, 1.165) is 106 Å². The van der Waals surface area contributed by atoms with Crippen LogP contribution < -0.4 is 52.7 Å². The molecule has 1 aromatic heterocycles. The fourth-order valence-corrected chi connectivity index (χ4v) is 9.47. The Balaban J connectivity index is 1.28. The van der Waals surface area contributed by atoms with Crippen LogP contribution in [-0.2, 0) is 36.9 Å². The number of aliphatic imine (C=N–C) groups is 1. The van der Waals surface area contributed by atoms with Gasteiger partial charge in [0.1, 0.15) is 57.5 Å². The minimum atomic E-state index is -0.210. The van der Waals surface area contributed by atoms with Crippen molar-refractivity contribution in [2.24, 2.45) is 4.99 Å². The number of amides is 1. The summed E-state index contributed by atoms with van der Waals surface area (Å²) in [4.78, 5) is 22.1. The Bertz CT molecular complexity index is 2890. The highest BCUT2D eigenvalue weighted by atomic mass is 16.5. The third-order valence-corrected chi connectivity index (χ3v) is 13.5. The number of carbonyl (C=O) groups is 1. The molecule has 75 heavy (non-hydrogen) atoms. The molecule has 0 aliphatic heterocycles. The summed E-state index contributed by atoms with van der Waals surface area (Å²) in [6, 6.07) is 24.0. The second kappa shape index (κ2) is 27.6. The third-order valence-electron chi connectivity index (χ3n) is 13.5. The smallest absolute Gasteiger partial charge is 0.257 e. The average Bonchev–Trinajstić information content (AvgIpc) is 3.43. The number of methoxy groups -OCH3 is 8. The minimum absolute atomic E-state index is 0.184. The van der Waals surface area contributed by atoms with Gasteiger partial charge in [-0.15, -0.1) is 0 Å². The normalized spacial score (nSPS) is 12.1. The Morgan fingerprint density at radius 3 is 1.16 bits per heavy atom. The average molecular weight is 1020 g/mol. The number of aromatic nitrogens is 1. The Morgan fingerprint density at radius 1 is 0.467 bits per heavy atom. The van der Waals surface area contributed by atoms with E-state index in [4.69, 9.17) is 47.4 Å². The molecule has 1 amide bonds. The summed E-state index contributed by atoms with van der Waals surface area (Å²) in [5.41, 5.74) is 9.81. The topological polar surface area (TPSA) is 147 Å². The molecule has 14 nitrogen and oxygen atoms in total. The lowest BCUT2D eigenvalue weighted by atomic mass is 9.94. The molecule has 398 valence electrons. The molecular weight excluding hydrogens is 951 g/mol. The summed E-state index contributed by atoms with van der Waals surface area (Å²) in [5.74, 6) is 6.45. The second-order valence-corrected chi connectivity index (χ2v) is 18.4. The van der Waals surface area contributed by atoms with E-state index >= 15 is 0 Å². The Hall–Kier alpha value is -7.61. The van der Waals surface area contributed by atoms with Crippen LogP contribution in [0.4, 0.5) is 0 Å². The third kappa shape index (κ3) is 14.4. The van der Waals surface area contributed by atoms with Gasteiger partial charge in [0.15, 0.2) is 6.61 Å². The predicted octanol–water partition coefficient (Wildman–Crippen LogP) is 10.8. The van der Waals surface area contributed by atoms with Gasteiger partial charge in [-0.3, -0.25) is 14.8 Å². The fraction of sp³-hybridized carbons (Fsp3) is 0.393. The molecule has 14 heteroatoms. The molecule has 0 radical (unpaired) electrons. The summed E-state index contributed by atoms with van der Waals surface area (Å²) >= 11 is 0. The lowest BCUT2D eigenvalue weighted by molar-refractivity contribution is -0.123. The van der Waals surface area contributed by atoms with E-state index in [0.29, 0.717) is 103 Å². The van der Waals surface area contributed by atoms with Gasteiger partial charge in [0, 0.05) is 119 Å². The van der Waals surface area contributed by atoms with E-state index in [9.17, 15) is 4.79 Å². The summed E-state index contributed by atoms with van der Waals surface area (Å²) in [6.07, 6.45) is 13.2. The van der Waals surface area contributed by atoms with Crippen molar-refractivity contribution < 1.29 is 52.2 Å². The van der Waals surface area contributed by atoms with E-state index < -0.39 is 0 Å². The van der Waals surface area contributed by atoms with Crippen molar-refractivity contribution in [1.29, 1.82) is 0 Å². The van der Waals surface area contributed by atoms with Crippen molar-refractivity contribution in [3.8, 4) is 57.5 Å². The van der Waals surface area contributed by atoms with Gasteiger partial charge in [-0.1, -0.05) is 26.2 Å². The number of hydrogen-bond acceptors (Lipinski definition) is 13. The van der Waals surface area contributed by atoms with E-state index in [2.05, 4.69) is 22.2 Å². The van der Waals surface area contributed by atoms with Crippen LogP contribution in [0.2, 0.25) is 0 Å². The van der Waals surface area contributed by atoms with Crippen molar-refractivity contribution in [3.05, 3.63) is 146 Å². The highest BCUT2D eigenvalue weighted by Crippen LogP contribution is 2.42. The van der Waals surface area contributed by atoms with Crippen LogP contribution in [0, 0.1) is 0 Å². The molecule has 0 saturated carbocycles. The number of pyridine rings is 1. The van der Waals surface area contributed by atoms with Gasteiger partial charge in [0.2, 0.25) is 0 Å². The molecule has 6 aromatic rings. The van der Waals surface area contributed by atoms with Gasteiger partial charge in [0.05, 0.1) is 63.5 Å². The first-order valence-corrected chi connectivity index (χ1v) is 25.7. The first kappa shape index (κ1) is 55.1. The number of nitrogens with zero attached hydrogens (tertiary/aromatic N) is 2. The molecule has 0 saturated heterocycles. The molecule has 0 spiro atoms. The zero-order chi connectivity index (χ0) is 53.1. The highest BCUT2D eigenvalue weighted by molar-refractivity contribution is 5.79. The monoisotopic (exact) mass is 1020 g/mol. The Labute approximate surface area is 442 Å². The number of nitrogens with one attached hydrogen (secondary N) is 1. The summed E-state index contributed by atoms with van der Waals surface area (Å²) in [6.45, 7) is 3.76. The molecule has 10 bridgehead atoms. The van der Waals surface area contributed by atoms with Gasteiger partial charge in [-0.2, -0.15) is 0 Å². The number of carbonyl (C=O) groups excluding carboxylic acids is 1. The van der Waals surface area contributed by atoms with E-state index in [1.807, 2.05) is 79.0 Å². The lowest BCUT2D eigenvalue weighted by Gasteiger charge is -2.21. The number of rotatable bonds is 23. The van der Waals surface area contributed by atoms with Gasteiger partial charge < -0.3 is 52.7 Å². The van der Waals surface area contributed by atoms with Gasteiger partial charge >= 0.3 is 0 Å². The molecule has 5 aromatic carbocycles. The summed E-state index contributed by atoms with van der Waals surface area (Å²) in [5, 5.41) is 3.07. The minimum Gasteiger partial charge on any atom is -0.496 e. The number of benzene rings is 5. The maximum absolute atomic E-state index is 13.5. The standard InChI is InChI=1S/C61H73N3O11/c1-10-11-22-74-59-36-50-27-48-35-56(71-7)46(33-58(48)73-9)25-44-31-52(67-3)42(29-54(44)69-5)23-41-28-53(68-4)43(30-51(41)66-2)24-45-32-57(72-8)47(34-55(45)70-6)26-49(59)37-60(50)75-39-61(65)64-19-15-13-12-14-18-63-38-40-16-20-62-21-17-40/h16-17,20-21,28-38H,10-15,18-19,22-27,39H2,1-9H3,(H,64,65). The molecule has 0 fully saturated rings. The van der Waals surface area contributed by atoms with Crippen LogP contribution in [0.5, 0.6) is 57.5 Å². The molecule has 16 rings (SSSR count). The second-order valence-electron chi connectivity index (χ2n) is 18.4. The van der Waals surface area contributed by atoms with E-state index in [1.54, 1.807) is 69.3 Å². The van der Waals surface area contributed by atoms with Crippen molar-refractivity contribution in [1.82, 2.24) is 10.3 Å². The van der Waals surface area contributed by atoms with Crippen LogP contribution in [0.15, 0.2) is 90.2 Å². The molecule has 1 heterocycles. The molecule has 10 aliphatic rings. The first-order valence-electron chi connectivity index (χ1n) is 25.7. The van der Waals surface area contributed by atoms with Gasteiger partial charge in [-0.05, 0) is 97.6 Å². The first-order chi connectivity index (χ1) is 36.6. The van der Waals surface area contributed by atoms with Crippen LogP contribution in [0.1, 0.15) is 107 Å². The molecular formula is C61H73N3O11. The van der Waals surface area contributed by atoms with Crippen molar-refractivity contribution >= 4 is 12.1 Å². The predicted molar refractivity (Wildman–Crippen MR) is 293 cm³/mol. The molecule has 10 aliphatic carbocycles. The lowest BCUT2D eigenvalue weighted by Crippen LogP contribution is -2.29. The van der Waals surface area contributed by atoms with Gasteiger partial charge in [-0.25, -0.2) is 0 Å². The van der Waals surface area contributed by atoms with Crippen LogP contribution in [-0.4, -0.2) is 100 Å². The Kier molecular flexibility index (Phi) is 20.3. The quantitative estimate of drug-likeness (QED) is 0.0481. The zero-order valence-electron chi connectivity index (χ0n) is 45.2. The fourth-order valence-electron chi connectivity index (χ4n) is 9.47. The SMILES string of the molecule is CCCCOc1cc2c(OCC(=O)NCCCCCCN=Cc3ccncc3)cc1Cc1cc(OC)c(cc1OC)Cc1cc(OC)c(cc1OC)Cc1cc(OC)c(cc1OC)Cc1cc(OC)c(cc1OC)C2. The maximum Gasteiger partial charge on any atom is 0.257 e. The van der Waals surface area contributed by atoms with Crippen LogP contribution in [0.3, 0.4) is 0 Å². The molecule has 0 unspecified atom stereocenters. The number of unbranched alkanes of at least 4 members (excludes halogenated alkanes) is 4. The largest absolute Gasteiger partial charge is 0.496 e. The summed E-state index contributed by atoms with van der Waals surface area (Å²) in [7, 11) is 13.3. The number of hydrogen-bond donors (Lipinski definition) is 1. The van der Waals surface area contributed by atoms with Crippen molar-refractivity contribution in [3.63, 3.8) is 0 Å². The maximum atomic E-state index is 13.5. The summed E-state index contributed by atoms with van der Waals surface area (Å²) < 4.78 is 61.9. The van der Waals surface area contributed by atoms with Crippen LogP contribution >= 0.6 is 0 Å². The molecule has 0 atom stereocenters. The van der Waals surface area contributed by atoms with Gasteiger partial charge in [0.25, 0.3) is 5.91 Å². The van der Waals surface area contributed by atoms with E-state index in [-0.39, 0.29) is 12.5 Å². The highest BCUT2D eigenvalue weighted by Gasteiger charge is 2.24. The van der Waals surface area contributed by atoms with E-state index in [1.165, 1.54) is 0 Å². The molecule has 1 N–H and O–H groups in total. The zero-order valence-corrected chi connectivity index (χ0v) is 45.2.